The Hall–Kier alpha value is -5.11. The van der Waals surface area contributed by atoms with E-state index in [0.717, 1.165) is 40.0 Å². The molecule has 0 aromatic heterocycles. The molecule has 8 heteroatoms. The van der Waals surface area contributed by atoms with Gasteiger partial charge in [0.25, 0.3) is 0 Å². The number of benzene rings is 4. The van der Waals surface area contributed by atoms with Crippen LogP contribution in [-0.2, 0) is 28.9 Å². The molecule has 0 fully saturated rings. The Balaban J connectivity index is 1.11. The zero-order valence-corrected chi connectivity index (χ0v) is 25.5. The molecular formula is C37H37N3O5. The van der Waals surface area contributed by atoms with Gasteiger partial charge in [-0.15, -0.1) is 0 Å². The van der Waals surface area contributed by atoms with E-state index in [1.807, 2.05) is 73.7 Å². The number of hydrogen-bond acceptors (Lipinski definition) is 6. The molecule has 0 saturated heterocycles. The van der Waals surface area contributed by atoms with Crippen molar-refractivity contribution in [2.75, 3.05) is 35.7 Å². The van der Waals surface area contributed by atoms with Crippen LogP contribution in [0.4, 0.5) is 21.9 Å². The SMILES string of the molecule is CCC(Cc1ccccc1)C(=O)Oc1ccc2c(c1)C(C(=O)Cc1ccc(NC(=O)N3CCc4ccccc43)c(OC)c1)CN2. The Labute approximate surface area is 263 Å². The maximum absolute atomic E-state index is 13.6. The molecule has 230 valence electrons. The van der Waals surface area contributed by atoms with E-state index in [4.69, 9.17) is 9.47 Å². The van der Waals surface area contributed by atoms with Crippen LogP contribution in [0.15, 0.2) is 91.0 Å². The summed E-state index contributed by atoms with van der Waals surface area (Å²) in [5.74, 6) is 0.0437. The zero-order valence-electron chi connectivity index (χ0n) is 25.5. The fourth-order valence-electron chi connectivity index (χ4n) is 6.16. The number of hydrogen-bond donors (Lipinski definition) is 2. The molecular weight excluding hydrogens is 566 g/mol. The molecule has 2 atom stereocenters. The third-order valence-corrected chi connectivity index (χ3v) is 8.67. The zero-order chi connectivity index (χ0) is 31.3. The Morgan fingerprint density at radius 2 is 1.76 bits per heavy atom. The third-order valence-electron chi connectivity index (χ3n) is 8.67. The number of methoxy groups -OCH3 is 1. The maximum atomic E-state index is 13.6. The van der Waals surface area contributed by atoms with Crippen LogP contribution in [0.5, 0.6) is 11.5 Å². The number of rotatable bonds is 10. The number of nitrogens with zero attached hydrogens (tertiary/aromatic N) is 1. The van der Waals surface area contributed by atoms with Gasteiger partial charge in [-0.1, -0.05) is 61.5 Å². The molecule has 4 aromatic rings. The summed E-state index contributed by atoms with van der Waals surface area (Å²) < 4.78 is 11.4. The Bertz CT molecular complexity index is 1720. The van der Waals surface area contributed by atoms with Crippen LogP contribution in [0.25, 0.3) is 0 Å². The van der Waals surface area contributed by atoms with E-state index in [1.165, 1.54) is 0 Å². The van der Waals surface area contributed by atoms with Gasteiger partial charge >= 0.3 is 12.0 Å². The smallest absolute Gasteiger partial charge is 0.326 e. The number of urea groups is 1. The second-order valence-corrected chi connectivity index (χ2v) is 11.5. The molecule has 0 radical (unpaired) electrons. The third kappa shape index (κ3) is 6.55. The summed E-state index contributed by atoms with van der Waals surface area (Å²) in [6.45, 7) is 3.07. The van der Waals surface area contributed by atoms with Crippen molar-refractivity contribution in [3.05, 3.63) is 113 Å². The Morgan fingerprint density at radius 3 is 2.56 bits per heavy atom. The number of carbonyl (C=O) groups excluding carboxylic acids is 3. The molecule has 2 unspecified atom stereocenters. The number of carbonyl (C=O) groups is 3. The van der Waals surface area contributed by atoms with E-state index >= 15 is 0 Å². The average molecular weight is 604 g/mol. The molecule has 0 saturated carbocycles. The number of fused-ring (bicyclic) bond motifs is 2. The lowest BCUT2D eigenvalue weighted by atomic mass is 9.92. The van der Waals surface area contributed by atoms with E-state index < -0.39 is 0 Å². The second kappa shape index (κ2) is 13.3. The monoisotopic (exact) mass is 603 g/mol. The fraction of sp³-hybridized carbons (Fsp3) is 0.270. The number of amides is 2. The van der Waals surface area contributed by atoms with E-state index in [2.05, 4.69) is 10.6 Å². The number of nitrogens with one attached hydrogen (secondary N) is 2. The number of Topliss-reactive ketones (excluding diaryl/α,β-unsaturated/α-hetero) is 1. The molecule has 2 aliphatic heterocycles. The van der Waals surface area contributed by atoms with Crippen molar-refractivity contribution < 1.29 is 23.9 Å². The number of anilines is 3. The van der Waals surface area contributed by atoms with Gasteiger partial charge in [-0.25, -0.2) is 4.79 Å². The lowest BCUT2D eigenvalue weighted by Gasteiger charge is -2.19. The topological polar surface area (TPSA) is 97.0 Å². The van der Waals surface area contributed by atoms with Crippen LogP contribution in [0.2, 0.25) is 0 Å². The molecule has 8 nitrogen and oxygen atoms in total. The summed E-state index contributed by atoms with van der Waals surface area (Å²) in [5, 5.41) is 6.28. The lowest BCUT2D eigenvalue weighted by molar-refractivity contribution is -0.139. The standard InChI is InChI=1S/C37H37N3O5/c1-3-26(19-24-9-5-4-6-10-24)36(42)45-28-14-16-31-29(22-28)30(23-38-31)34(41)20-25-13-15-32(35(21-25)44-2)39-37(43)40-18-17-27-11-7-8-12-33(27)40/h4-16,21-22,26,30,38H,3,17-20,23H2,1-2H3,(H,39,43). The highest BCUT2D eigenvalue weighted by molar-refractivity contribution is 6.04. The van der Waals surface area contributed by atoms with Crippen LogP contribution < -0.4 is 25.0 Å². The number of ketones is 1. The van der Waals surface area contributed by atoms with E-state index in [1.54, 1.807) is 36.3 Å². The van der Waals surface area contributed by atoms with Gasteiger partial charge in [0.1, 0.15) is 17.3 Å². The molecule has 2 aliphatic rings. The van der Waals surface area contributed by atoms with Crippen molar-refractivity contribution in [3.63, 3.8) is 0 Å². The van der Waals surface area contributed by atoms with Gasteiger partial charge in [-0.3, -0.25) is 14.5 Å². The molecule has 0 spiro atoms. The summed E-state index contributed by atoms with van der Waals surface area (Å²) in [7, 11) is 1.55. The molecule has 4 aromatic carbocycles. The van der Waals surface area contributed by atoms with Crippen molar-refractivity contribution in [1.82, 2.24) is 0 Å². The van der Waals surface area contributed by atoms with Gasteiger partial charge in [-0.05, 0) is 77.9 Å². The van der Waals surface area contributed by atoms with Gasteiger partial charge in [0, 0.05) is 30.9 Å². The maximum Gasteiger partial charge on any atom is 0.326 e. The first-order valence-electron chi connectivity index (χ1n) is 15.4. The van der Waals surface area contributed by atoms with Gasteiger partial charge in [0.05, 0.1) is 24.6 Å². The van der Waals surface area contributed by atoms with Crippen molar-refractivity contribution in [3.8, 4) is 11.5 Å². The van der Waals surface area contributed by atoms with Gasteiger partial charge < -0.3 is 20.1 Å². The highest BCUT2D eigenvalue weighted by Crippen LogP contribution is 2.37. The van der Waals surface area contributed by atoms with Crippen LogP contribution in [0.3, 0.4) is 0 Å². The summed E-state index contributed by atoms with van der Waals surface area (Å²) in [6, 6.07) is 28.4. The molecule has 45 heavy (non-hydrogen) atoms. The predicted octanol–water partition coefficient (Wildman–Crippen LogP) is 6.79. The quantitative estimate of drug-likeness (QED) is 0.153. The van der Waals surface area contributed by atoms with Crippen molar-refractivity contribution in [2.45, 2.75) is 38.5 Å². The minimum absolute atomic E-state index is 0.0350. The minimum atomic E-state index is -0.384. The van der Waals surface area contributed by atoms with E-state index in [-0.39, 0.29) is 36.0 Å². The van der Waals surface area contributed by atoms with E-state index in [0.29, 0.717) is 43.1 Å². The number of ether oxygens (including phenoxy) is 2. The molecule has 2 N–H and O–H groups in total. The van der Waals surface area contributed by atoms with Crippen molar-refractivity contribution in [1.29, 1.82) is 0 Å². The fourth-order valence-corrected chi connectivity index (χ4v) is 6.16. The Kier molecular flexibility index (Phi) is 8.82. The van der Waals surface area contributed by atoms with Gasteiger partial charge in [0.2, 0.25) is 0 Å². The minimum Gasteiger partial charge on any atom is -0.495 e. The summed E-state index contributed by atoms with van der Waals surface area (Å²) >= 11 is 0. The summed E-state index contributed by atoms with van der Waals surface area (Å²) in [4.78, 5) is 41.4. The molecule has 0 aliphatic carbocycles. The van der Waals surface area contributed by atoms with Gasteiger partial charge in [-0.2, -0.15) is 0 Å². The van der Waals surface area contributed by atoms with Crippen molar-refractivity contribution in [2.24, 2.45) is 5.92 Å². The highest BCUT2D eigenvalue weighted by atomic mass is 16.5. The van der Waals surface area contributed by atoms with Crippen LogP contribution in [-0.4, -0.2) is 38.0 Å². The van der Waals surface area contributed by atoms with E-state index in [9.17, 15) is 14.4 Å². The molecule has 0 bridgehead atoms. The first-order valence-corrected chi connectivity index (χ1v) is 15.4. The summed E-state index contributed by atoms with van der Waals surface area (Å²) in [6.07, 6.45) is 2.29. The highest BCUT2D eigenvalue weighted by Gasteiger charge is 2.30. The van der Waals surface area contributed by atoms with Crippen molar-refractivity contribution >= 4 is 34.8 Å². The van der Waals surface area contributed by atoms with Crippen LogP contribution >= 0.6 is 0 Å². The lowest BCUT2D eigenvalue weighted by Crippen LogP contribution is -2.33. The number of para-hydroxylation sites is 1. The van der Waals surface area contributed by atoms with Gasteiger partial charge in [0.15, 0.2) is 0 Å². The van der Waals surface area contributed by atoms with Crippen LogP contribution in [0.1, 0.15) is 41.5 Å². The number of esters is 1. The van der Waals surface area contributed by atoms with Crippen LogP contribution in [0, 0.1) is 5.92 Å². The molecule has 2 heterocycles. The Morgan fingerprint density at radius 1 is 0.956 bits per heavy atom. The summed E-state index contributed by atoms with van der Waals surface area (Å²) in [5.41, 5.74) is 6.16. The predicted molar refractivity (Wildman–Crippen MR) is 175 cm³/mol. The average Bonchev–Trinajstić information content (AvgIpc) is 3.69. The largest absolute Gasteiger partial charge is 0.495 e. The first-order chi connectivity index (χ1) is 21.9. The normalized spacial score (nSPS) is 15.4. The first kappa shape index (κ1) is 29.9. The second-order valence-electron chi connectivity index (χ2n) is 11.5. The molecule has 6 rings (SSSR count). The molecule has 2 amide bonds.